The van der Waals surface area contributed by atoms with E-state index in [-0.39, 0.29) is 11.3 Å². The Balaban J connectivity index is 1.85. The van der Waals surface area contributed by atoms with Crippen molar-refractivity contribution < 1.29 is 19.1 Å². The van der Waals surface area contributed by atoms with Gasteiger partial charge in [0.15, 0.2) is 0 Å². The molecule has 0 aromatic heterocycles. The average Bonchev–Trinajstić information content (AvgIpc) is 2.63. The number of carbonyl (C=O) groups is 2. The maximum Gasteiger partial charge on any atom is 0.347 e. The highest BCUT2D eigenvalue weighted by Crippen LogP contribution is 2.23. The Morgan fingerprint density at radius 2 is 1.36 bits per heavy atom. The van der Waals surface area contributed by atoms with Crippen molar-refractivity contribution >= 4 is 11.9 Å². The second kappa shape index (κ2) is 7.45. The Labute approximate surface area is 145 Å². The summed E-state index contributed by atoms with van der Waals surface area (Å²) in [5.41, 5.74) is 1.47. The van der Waals surface area contributed by atoms with Gasteiger partial charge in [0, 0.05) is 0 Å². The molecule has 0 aliphatic heterocycles. The summed E-state index contributed by atoms with van der Waals surface area (Å²) in [7, 11) is 0. The number of para-hydroxylation sites is 1. The van der Waals surface area contributed by atoms with Crippen LogP contribution in [0.15, 0.2) is 78.9 Å². The number of hydrogen-bond acceptors (Lipinski definition) is 4. The summed E-state index contributed by atoms with van der Waals surface area (Å²) in [6.45, 7) is 1.85. The van der Waals surface area contributed by atoms with Gasteiger partial charge < -0.3 is 9.47 Å². The quantitative estimate of drug-likeness (QED) is 0.524. The first-order chi connectivity index (χ1) is 12.1. The molecule has 0 heterocycles. The molecule has 4 nitrogen and oxygen atoms in total. The number of ether oxygens (including phenoxy) is 2. The zero-order valence-electron chi connectivity index (χ0n) is 13.6. The maximum atomic E-state index is 12.5. The van der Waals surface area contributed by atoms with Gasteiger partial charge in [-0.05, 0) is 48.9 Å². The third-order valence-corrected chi connectivity index (χ3v) is 3.52. The molecule has 0 atom stereocenters. The van der Waals surface area contributed by atoms with Crippen LogP contribution in [0.3, 0.4) is 0 Å². The lowest BCUT2D eigenvalue weighted by Gasteiger charge is -2.11. The number of aryl methyl sites for hydroxylation is 1. The van der Waals surface area contributed by atoms with Crippen LogP contribution in [0, 0.1) is 6.92 Å². The van der Waals surface area contributed by atoms with Crippen LogP contribution >= 0.6 is 0 Å². The molecule has 0 aliphatic carbocycles. The van der Waals surface area contributed by atoms with Crippen molar-refractivity contribution in [3.8, 4) is 11.5 Å². The van der Waals surface area contributed by atoms with Gasteiger partial charge in [0.2, 0.25) is 0 Å². The van der Waals surface area contributed by atoms with Crippen molar-refractivity contribution in [2.24, 2.45) is 0 Å². The molecule has 3 aromatic carbocycles. The van der Waals surface area contributed by atoms with E-state index in [0.717, 1.165) is 5.56 Å². The summed E-state index contributed by atoms with van der Waals surface area (Å²) >= 11 is 0. The maximum absolute atomic E-state index is 12.5. The van der Waals surface area contributed by atoms with Crippen LogP contribution in [0.5, 0.6) is 11.5 Å². The molecular formula is C21H16O4. The van der Waals surface area contributed by atoms with Gasteiger partial charge in [-0.2, -0.15) is 0 Å². The average molecular weight is 332 g/mol. The monoisotopic (exact) mass is 332 g/mol. The molecule has 4 heteroatoms. The Kier molecular flexibility index (Phi) is 4.90. The van der Waals surface area contributed by atoms with E-state index in [1.807, 2.05) is 19.1 Å². The molecule has 3 rings (SSSR count). The third-order valence-electron chi connectivity index (χ3n) is 3.52. The zero-order valence-corrected chi connectivity index (χ0v) is 13.6. The Hall–Kier alpha value is -3.40. The lowest BCUT2D eigenvalue weighted by molar-refractivity contribution is 0.0707. The molecule has 3 aromatic rings. The van der Waals surface area contributed by atoms with Gasteiger partial charge in [-0.15, -0.1) is 0 Å². The minimum Gasteiger partial charge on any atom is -0.423 e. The third kappa shape index (κ3) is 4.12. The molecule has 0 spiro atoms. The smallest absolute Gasteiger partial charge is 0.347 e. The standard InChI is InChI=1S/C21H16O4/c1-15-12-13-18(21(23)24-17-10-6-3-7-11-17)19(14-15)25-20(22)16-8-4-2-5-9-16/h2-14H,1H3. The molecule has 25 heavy (non-hydrogen) atoms. The van der Waals surface area contributed by atoms with E-state index in [4.69, 9.17) is 9.47 Å². The molecule has 0 amide bonds. The van der Waals surface area contributed by atoms with Crippen LogP contribution in [0.1, 0.15) is 26.3 Å². The molecule has 0 bridgehead atoms. The van der Waals surface area contributed by atoms with Gasteiger partial charge in [0.25, 0.3) is 0 Å². The Morgan fingerprint density at radius 1 is 0.720 bits per heavy atom. The number of rotatable bonds is 4. The molecule has 0 unspecified atom stereocenters. The topological polar surface area (TPSA) is 52.6 Å². The Morgan fingerprint density at radius 3 is 2.04 bits per heavy atom. The van der Waals surface area contributed by atoms with E-state index < -0.39 is 11.9 Å². The van der Waals surface area contributed by atoms with Crippen molar-refractivity contribution in [2.75, 3.05) is 0 Å². The van der Waals surface area contributed by atoms with Crippen molar-refractivity contribution in [1.29, 1.82) is 0 Å². The molecule has 124 valence electrons. The summed E-state index contributed by atoms with van der Waals surface area (Å²) in [6, 6.07) is 22.3. The number of esters is 2. The number of benzene rings is 3. The molecule has 0 radical (unpaired) electrons. The lowest BCUT2D eigenvalue weighted by Crippen LogP contribution is -2.14. The van der Waals surface area contributed by atoms with Gasteiger partial charge in [-0.25, -0.2) is 9.59 Å². The lowest BCUT2D eigenvalue weighted by atomic mass is 10.1. The van der Waals surface area contributed by atoms with Gasteiger partial charge in [0.05, 0.1) is 5.56 Å². The first kappa shape index (κ1) is 16.5. The largest absolute Gasteiger partial charge is 0.423 e. The fourth-order valence-corrected chi connectivity index (χ4v) is 2.27. The van der Waals surface area contributed by atoms with Crippen molar-refractivity contribution in [1.82, 2.24) is 0 Å². The SMILES string of the molecule is Cc1ccc(C(=O)Oc2ccccc2)c(OC(=O)c2ccccc2)c1. The van der Waals surface area contributed by atoms with Crippen LogP contribution in [0.4, 0.5) is 0 Å². The van der Waals surface area contributed by atoms with E-state index in [0.29, 0.717) is 11.3 Å². The van der Waals surface area contributed by atoms with Crippen LogP contribution < -0.4 is 9.47 Å². The van der Waals surface area contributed by atoms with E-state index in [1.165, 1.54) is 0 Å². The van der Waals surface area contributed by atoms with E-state index in [9.17, 15) is 9.59 Å². The molecule has 0 N–H and O–H groups in total. The van der Waals surface area contributed by atoms with E-state index in [1.54, 1.807) is 66.7 Å². The van der Waals surface area contributed by atoms with Gasteiger partial charge in [-0.1, -0.05) is 42.5 Å². The molecule has 0 fully saturated rings. The predicted octanol–water partition coefficient (Wildman–Crippen LogP) is 4.43. The van der Waals surface area contributed by atoms with Crippen LogP contribution in [-0.4, -0.2) is 11.9 Å². The second-order valence-electron chi connectivity index (χ2n) is 5.46. The Bertz CT molecular complexity index is 886. The molecular weight excluding hydrogens is 316 g/mol. The highest BCUT2D eigenvalue weighted by molar-refractivity contribution is 5.97. The minimum absolute atomic E-state index is 0.176. The highest BCUT2D eigenvalue weighted by atomic mass is 16.5. The molecule has 0 saturated carbocycles. The number of hydrogen-bond donors (Lipinski definition) is 0. The summed E-state index contributed by atoms with van der Waals surface area (Å²) in [6.07, 6.45) is 0. The predicted molar refractivity (Wildman–Crippen MR) is 94.0 cm³/mol. The minimum atomic E-state index is -0.581. The van der Waals surface area contributed by atoms with Gasteiger partial charge in [0.1, 0.15) is 17.1 Å². The van der Waals surface area contributed by atoms with E-state index in [2.05, 4.69) is 0 Å². The fourth-order valence-electron chi connectivity index (χ4n) is 2.27. The van der Waals surface area contributed by atoms with Gasteiger partial charge >= 0.3 is 11.9 Å². The number of carbonyl (C=O) groups excluding carboxylic acids is 2. The molecule has 0 aliphatic rings. The summed E-state index contributed by atoms with van der Waals surface area (Å²) in [5.74, 6) is -0.509. The fraction of sp³-hybridized carbons (Fsp3) is 0.0476. The highest BCUT2D eigenvalue weighted by Gasteiger charge is 2.18. The van der Waals surface area contributed by atoms with Crippen molar-refractivity contribution in [2.45, 2.75) is 6.92 Å². The van der Waals surface area contributed by atoms with Crippen LogP contribution in [0.25, 0.3) is 0 Å². The summed E-state index contributed by atoms with van der Waals surface area (Å²) in [5, 5.41) is 0. The zero-order chi connectivity index (χ0) is 17.6. The summed E-state index contributed by atoms with van der Waals surface area (Å²) < 4.78 is 10.8. The molecule has 0 saturated heterocycles. The second-order valence-corrected chi connectivity index (χ2v) is 5.46. The normalized spacial score (nSPS) is 10.1. The van der Waals surface area contributed by atoms with Crippen molar-refractivity contribution in [3.05, 3.63) is 95.6 Å². The van der Waals surface area contributed by atoms with E-state index >= 15 is 0 Å². The van der Waals surface area contributed by atoms with Gasteiger partial charge in [-0.3, -0.25) is 0 Å². The van der Waals surface area contributed by atoms with Crippen molar-refractivity contribution in [3.63, 3.8) is 0 Å². The first-order valence-electron chi connectivity index (χ1n) is 7.78. The summed E-state index contributed by atoms with van der Waals surface area (Å²) in [4.78, 5) is 24.7. The first-order valence-corrected chi connectivity index (χ1v) is 7.78. The van der Waals surface area contributed by atoms with Crippen LogP contribution in [-0.2, 0) is 0 Å². The van der Waals surface area contributed by atoms with Crippen LogP contribution in [0.2, 0.25) is 0 Å².